The molecule has 0 saturated heterocycles. The maximum Gasteiger partial charge on any atom is 0.231 e. The maximum atomic E-state index is 5.97. The van der Waals surface area contributed by atoms with Crippen molar-refractivity contribution in [1.29, 1.82) is 0 Å². The first kappa shape index (κ1) is 15.4. The van der Waals surface area contributed by atoms with Crippen molar-refractivity contribution in [1.82, 2.24) is 10.1 Å². The Bertz CT molecular complexity index is 411. The minimum absolute atomic E-state index is 0.149. The second-order valence-electron chi connectivity index (χ2n) is 6.15. The van der Waals surface area contributed by atoms with E-state index < -0.39 is 0 Å². The Balaban J connectivity index is 2.18. The summed E-state index contributed by atoms with van der Waals surface area (Å²) in [6, 6.07) is 0. The highest BCUT2D eigenvalue weighted by Crippen LogP contribution is 2.41. The Morgan fingerprint density at radius 2 is 2.05 bits per heavy atom. The van der Waals surface area contributed by atoms with Gasteiger partial charge in [-0.05, 0) is 44.9 Å². The molecule has 0 amide bonds. The van der Waals surface area contributed by atoms with Crippen LogP contribution in [0.5, 0.6) is 0 Å². The van der Waals surface area contributed by atoms with Crippen LogP contribution in [0.4, 0.5) is 0 Å². The van der Waals surface area contributed by atoms with Gasteiger partial charge < -0.3 is 15.0 Å². The number of aromatic nitrogens is 2. The molecule has 5 heteroatoms. The summed E-state index contributed by atoms with van der Waals surface area (Å²) in [7, 11) is 0. The molecule has 1 fully saturated rings. The number of hydrogen-bond donors (Lipinski definition) is 1. The highest BCUT2D eigenvalue weighted by molar-refractivity contribution is 5.06. The van der Waals surface area contributed by atoms with E-state index in [1.165, 1.54) is 0 Å². The summed E-state index contributed by atoms with van der Waals surface area (Å²) in [5.74, 6) is 2.10. The van der Waals surface area contributed by atoms with E-state index in [-0.39, 0.29) is 11.5 Å². The van der Waals surface area contributed by atoms with Crippen LogP contribution in [0.25, 0.3) is 0 Å². The SMILES string of the molecule is CCOC1(c2noc(C(CN)CC(C)C)n2)CCCC1. The molecule has 0 aromatic carbocycles. The van der Waals surface area contributed by atoms with E-state index in [9.17, 15) is 0 Å². The van der Waals surface area contributed by atoms with Crippen LogP contribution < -0.4 is 5.73 Å². The van der Waals surface area contributed by atoms with E-state index in [2.05, 4.69) is 24.0 Å². The fourth-order valence-electron chi connectivity index (χ4n) is 3.11. The van der Waals surface area contributed by atoms with Crippen LogP contribution in [0.2, 0.25) is 0 Å². The Labute approximate surface area is 121 Å². The van der Waals surface area contributed by atoms with Crippen LogP contribution in [0.1, 0.15) is 70.5 Å². The summed E-state index contributed by atoms with van der Waals surface area (Å²) in [4.78, 5) is 4.62. The summed E-state index contributed by atoms with van der Waals surface area (Å²) in [6.45, 7) is 7.59. The zero-order chi connectivity index (χ0) is 14.6. The van der Waals surface area contributed by atoms with Gasteiger partial charge in [0, 0.05) is 13.2 Å². The van der Waals surface area contributed by atoms with E-state index in [4.69, 9.17) is 15.0 Å². The predicted molar refractivity (Wildman–Crippen MR) is 77.3 cm³/mol. The Morgan fingerprint density at radius 1 is 1.35 bits per heavy atom. The third-order valence-corrected chi connectivity index (χ3v) is 4.07. The quantitative estimate of drug-likeness (QED) is 0.831. The number of hydrogen-bond acceptors (Lipinski definition) is 5. The van der Waals surface area contributed by atoms with Gasteiger partial charge in [0.05, 0.1) is 5.92 Å². The first-order valence-electron chi connectivity index (χ1n) is 7.79. The molecule has 1 aliphatic rings. The van der Waals surface area contributed by atoms with Crippen molar-refractivity contribution in [2.45, 2.75) is 64.4 Å². The zero-order valence-electron chi connectivity index (χ0n) is 12.9. The minimum atomic E-state index is -0.326. The summed E-state index contributed by atoms with van der Waals surface area (Å²) in [6.07, 6.45) is 5.26. The molecule has 1 heterocycles. The third kappa shape index (κ3) is 3.20. The molecule has 2 N–H and O–H groups in total. The van der Waals surface area contributed by atoms with Gasteiger partial charge >= 0.3 is 0 Å². The molecule has 0 bridgehead atoms. The third-order valence-electron chi connectivity index (χ3n) is 4.07. The highest BCUT2D eigenvalue weighted by atomic mass is 16.5. The van der Waals surface area contributed by atoms with E-state index >= 15 is 0 Å². The summed E-state index contributed by atoms with van der Waals surface area (Å²) in [5, 5.41) is 4.20. The van der Waals surface area contributed by atoms with Gasteiger partial charge in [-0.1, -0.05) is 19.0 Å². The number of rotatable bonds is 7. The highest BCUT2D eigenvalue weighted by Gasteiger charge is 2.41. The molecule has 0 radical (unpaired) electrons. The average Bonchev–Trinajstić information content (AvgIpc) is 3.05. The van der Waals surface area contributed by atoms with Gasteiger partial charge in [0.25, 0.3) is 0 Å². The summed E-state index contributed by atoms with van der Waals surface area (Å²) < 4.78 is 11.4. The fourth-order valence-corrected chi connectivity index (χ4v) is 3.11. The van der Waals surface area contributed by atoms with E-state index in [0.717, 1.165) is 32.1 Å². The van der Waals surface area contributed by atoms with Crippen molar-refractivity contribution in [3.8, 4) is 0 Å². The van der Waals surface area contributed by atoms with Crippen molar-refractivity contribution >= 4 is 0 Å². The van der Waals surface area contributed by atoms with E-state index in [0.29, 0.717) is 30.8 Å². The van der Waals surface area contributed by atoms with Gasteiger partial charge in [-0.25, -0.2) is 0 Å². The normalized spacial score (nSPS) is 19.6. The molecule has 1 unspecified atom stereocenters. The van der Waals surface area contributed by atoms with Crippen LogP contribution in [0, 0.1) is 5.92 Å². The molecule has 114 valence electrons. The Morgan fingerprint density at radius 3 is 2.60 bits per heavy atom. The molecule has 0 spiro atoms. The molecule has 1 atom stereocenters. The van der Waals surface area contributed by atoms with E-state index in [1.54, 1.807) is 0 Å². The number of nitrogens with zero attached hydrogens (tertiary/aromatic N) is 2. The standard InChI is InChI=1S/C15H27N3O2/c1-4-19-15(7-5-6-8-15)14-17-13(20-18-14)12(10-16)9-11(2)3/h11-12H,4-10,16H2,1-3H3. The number of ether oxygens (including phenoxy) is 1. The van der Waals surface area contributed by atoms with Gasteiger partial charge in [-0.3, -0.25) is 0 Å². The lowest BCUT2D eigenvalue weighted by atomic mass is 9.97. The van der Waals surface area contributed by atoms with E-state index in [1.807, 2.05) is 6.92 Å². The van der Waals surface area contributed by atoms with Crippen LogP contribution in [0.3, 0.4) is 0 Å². The van der Waals surface area contributed by atoms with Gasteiger partial charge in [-0.15, -0.1) is 0 Å². The minimum Gasteiger partial charge on any atom is -0.367 e. The molecule has 1 aromatic heterocycles. The van der Waals surface area contributed by atoms with Gasteiger partial charge in [-0.2, -0.15) is 4.98 Å². The molecule has 1 aromatic rings. The molecule has 1 aliphatic carbocycles. The molecule has 20 heavy (non-hydrogen) atoms. The second-order valence-corrected chi connectivity index (χ2v) is 6.15. The van der Waals surface area contributed by atoms with Crippen LogP contribution >= 0.6 is 0 Å². The molecule has 2 rings (SSSR count). The summed E-state index contributed by atoms with van der Waals surface area (Å²) >= 11 is 0. The van der Waals surface area contributed by atoms with Crippen molar-refractivity contribution < 1.29 is 9.26 Å². The van der Waals surface area contributed by atoms with Crippen LogP contribution in [-0.2, 0) is 10.3 Å². The average molecular weight is 281 g/mol. The van der Waals surface area contributed by atoms with Crippen LogP contribution in [0.15, 0.2) is 4.52 Å². The maximum absolute atomic E-state index is 5.97. The Hall–Kier alpha value is -0.940. The lowest BCUT2D eigenvalue weighted by Crippen LogP contribution is -2.28. The fraction of sp³-hybridized carbons (Fsp3) is 0.867. The Kier molecular flexibility index (Phi) is 5.16. The molecule has 1 saturated carbocycles. The van der Waals surface area contributed by atoms with Gasteiger partial charge in [0.1, 0.15) is 5.60 Å². The molecular formula is C15H27N3O2. The van der Waals surface area contributed by atoms with Gasteiger partial charge in [0.15, 0.2) is 0 Å². The topological polar surface area (TPSA) is 74.2 Å². The van der Waals surface area contributed by atoms with Crippen molar-refractivity contribution in [3.63, 3.8) is 0 Å². The molecular weight excluding hydrogens is 254 g/mol. The van der Waals surface area contributed by atoms with Gasteiger partial charge in [0.2, 0.25) is 11.7 Å². The first-order chi connectivity index (χ1) is 9.61. The predicted octanol–water partition coefficient (Wildman–Crippen LogP) is 2.96. The van der Waals surface area contributed by atoms with Crippen molar-refractivity contribution in [2.24, 2.45) is 11.7 Å². The van der Waals surface area contributed by atoms with Crippen molar-refractivity contribution in [3.05, 3.63) is 11.7 Å². The second kappa shape index (κ2) is 6.68. The smallest absolute Gasteiger partial charge is 0.231 e. The van der Waals surface area contributed by atoms with Crippen LogP contribution in [-0.4, -0.2) is 23.3 Å². The largest absolute Gasteiger partial charge is 0.367 e. The zero-order valence-corrected chi connectivity index (χ0v) is 12.9. The number of nitrogens with two attached hydrogens (primary N) is 1. The lowest BCUT2D eigenvalue weighted by molar-refractivity contribution is -0.0469. The monoisotopic (exact) mass is 281 g/mol. The lowest BCUT2D eigenvalue weighted by Gasteiger charge is -2.24. The summed E-state index contributed by atoms with van der Waals surface area (Å²) in [5.41, 5.74) is 5.52. The molecule has 0 aliphatic heterocycles. The first-order valence-corrected chi connectivity index (χ1v) is 7.79. The molecule has 5 nitrogen and oxygen atoms in total. The van der Waals surface area contributed by atoms with Crippen molar-refractivity contribution in [2.75, 3.05) is 13.2 Å².